The van der Waals surface area contributed by atoms with Crippen LogP contribution in [0.2, 0.25) is 0 Å². The number of halogens is 2. The van der Waals surface area contributed by atoms with Crippen LogP contribution in [-0.4, -0.2) is 24.9 Å². The van der Waals surface area contributed by atoms with Crippen LogP contribution in [0.25, 0.3) is 0 Å². The summed E-state index contributed by atoms with van der Waals surface area (Å²) in [4.78, 5) is 21.7. The fraction of sp³-hybridized carbons (Fsp3) is 0.318. The molecule has 158 valence electrons. The fourth-order valence-electron chi connectivity index (χ4n) is 3.60. The summed E-state index contributed by atoms with van der Waals surface area (Å²) in [5, 5.41) is 7.65. The highest BCUT2D eigenvalue weighted by molar-refractivity contribution is 6.45. The number of hydrogen-bond acceptors (Lipinski definition) is 5. The number of hydrogen-bond donors (Lipinski definition) is 1. The molecule has 1 aliphatic rings. The average molecular weight is 415 g/mol. The van der Waals surface area contributed by atoms with Crippen molar-refractivity contribution in [2.45, 2.75) is 31.8 Å². The summed E-state index contributed by atoms with van der Waals surface area (Å²) in [5.41, 5.74) is 6.73. The van der Waals surface area contributed by atoms with Crippen LogP contribution in [0.3, 0.4) is 0 Å². The van der Waals surface area contributed by atoms with Crippen molar-refractivity contribution < 1.29 is 23.3 Å². The summed E-state index contributed by atoms with van der Waals surface area (Å²) in [6.45, 7) is 2.07. The van der Waals surface area contributed by atoms with Gasteiger partial charge in [-0.2, -0.15) is 0 Å². The van der Waals surface area contributed by atoms with Gasteiger partial charge in [0.2, 0.25) is 0 Å². The van der Waals surface area contributed by atoms with Crippen LogP contribution in [0.5, 0.6) is 0 Å². The van der Waals surface area contributed by atoms with Crippen LogP contribution >= 0.6 is 0 Å². The SMILES string of the molecule is CON=C(C(N)=O)c1ccccc1CON=CC[C@@H]1C[C@@]1(C)c1ccc(F)cc1F. The molecule has 2 atom stereocenters. The zero-order chi connectivity index (χ0) is 21.7. The molecule has 1 aliphatic carbocycles. The maximum atomic E-state index is 14.1. The fourth-order valence-corrected chi connectivity index (χ4v) is 3.60. The first-order valence-corrected chi connectivity index (χ1v) is 9.45. The molecule has 0 aromatic heterocycles. The van der Waals surface area contributed by atoms with E-state index in [0.29, 0.717) is 23.1 Å². The number of oxime groups is 2. The highest BCUT2D eigenvalue weighted by Crippen LogP contribution is 2.56. The van der Waals surface area contributed by atoms with Crippen LogP contribution in [-0.2, 0) is 26.5 Å². The van der Waals surface area contributed by atoms with E-state index in [1.54, 1.807) is 30.5 Å². The van der Waals surface area contributed by atoms with Gasteiger partial charge in [-0.05, 0) is 35.8 Å². The van der Waals surface area contributed by atoms with Crippen LogP contribution in [0.15, 0.2) is 52.8 Å². The second-order valence-corrected chi connectivity index (χ2v) is 7.38. The average Bonchev–Trinajstić information content (AvgIpc) is 3.36. The minimum Gasteiger partial charge on any atom is -0.398 e. The number of nitrogens with two attached hydrogens (primary N) is 1. The van der Waals surface area contributed by atoms with E-state index >= 15 is 0 Å². The zero-order valence-electron chi connectivity index (χ0n) is 16.8. The standard InChI is InChI=1S/C22H23F2N3O3/c1-22(18-8-7-16(23)11-19(18)24)12-15(22)9-10-26-30-13-14-5-3-4-6-17(14)20(21(25)28)27-29-2/h3-8,10-11,15H,9,12-13H2,1-2H3,(H2,25,28)/t15-,22-/m1/s1. The Hall–Kier alpha value is -3.29. The number of primary amides is 1. The Kier molecular flexibility index (Phi) is 6.44. The smallest absolute Gasteiger partial charge is 0.271 e. The third kappa shape index (κ3) is 4.64. The third-order valence-electron chi connectivity index (χ3n) is 5.41. The van der Waals surface area contributed by atoms with E-state index < -0.39 is 17.5 Å². The molecule has 1 saturated carbocycles. The van der Waals surface area contributed by atoms with E-state index in [1.807, 2.05) is 6.92 Å². The first-order valence-electron chi connectivity index (χ1n) is 9.45. The molecule has 1 amide bonds. The molecule has 0 spiro atoms. The normalized spacial score (nSPS) is 20.9. The predicted molar refractivity (Wildman–Crippen MR) is 109 cm³/mol. The number of rotatable bonds is 9. The van der Waals surface area contributed by atoms with Gasteiger partial charge in [0.05, 0.1) is 0 Å². The summed E-state index contributed by atoms with van der Waals surface area (Å²) in [6.07, 6.45) is 3.03. The van der Waals surface area contributed by atoms with Gasteiger partial charge in [0.1, 0.15) is 25.4 Å². The Labute approximate surface area is 173 Å². The number of carbonyl (C=O) groups excluding carboxylic acids is 1. The van der Waals surface area contributed by atoms with Gasteiger partial charge in [-0.3, -0.25) is 4.79 Å². The molecular weight excluding hydrogens is 392 g/mol. The van der Waals surface area contributed by atoms with Crippen LogP contribution in [0.1, 0.15) is 36.5 Å². The maximum absolute atomic E-state index is 14.1. The molecule has 2 N–H and O–H groups in total. The molecule has 0 saturated heterocycles. The lowest BCUT2D eigenvalue weighted by Gasteiger charge is -2.12. The molecule has 2 aromatic rings. The highest BCUT2D eigenvalue weighted by atomic mass is 19.1. The minimum absolute atomic E-state index is 0.00393. The zero-order valence-corrected chi connectivity index (χ0v) is 16.8. The van der Waals surface area contributed by atoms with Crippen molar-refractivity contribution in [2.75, 3.05) is 7.11 Å². The Morgan fingerprint density at radius 3 is 2.77 bits per heavy atom. The topological polar surface area (TPSA) is 86.3 Å². The van der Waals surface area contributed by atoms with E-state index in [0.717, 1.165) is 12.5 Å². The summed E-state index contributed by atoms with van der Waals surface area (Å²) >= 11 is 0. The van der Waals surface area contributed by atoms with E-state index in [4.69, 9.17) is 15.4 Å². The maximum Gasteiger partial charge on any atom is 0.271 e. The van der Waals surface area contributed by atoms with Crippen LogP contribution in [0, 0.1) is 17.6 Å². The summed E-state index contributed by atoms with van der Waals surface area (Å²) < 4.78 is 27.2. The monoisotopic (exact) mass is 415 g/mol. The molecule has 3 rings (SSSR count). The van der Waals surface area contributed by atoms with E-state index in [-0.39, 0.29) is 23.7 Å². The number of carbonyl (C=O) groups is 1. The van der Waals surface area contributed by atoms with E-state index in [9.17, 15) is 13.6 Å². The van der Waals surface area contributed by atoms with Crippen molar-refractivity contribution in [1.29, 1.82) is 0 Å². The van der Waals surface area contributed by atoms with Gasteiger partial charge in [0, 0.05) is 23.4 Å². The molecule has 0 aliphatic heterocycles. The second kappa shape index (κ2) is 9.02. The van der Waals surface area contributed by atoms with Gasteiger partial charge in [-0.15, -0.1) is 0 Å². The molecule has 6 nitrogen and oxygen atoms in total. The lowest BCUT2D eigenvalue weighted by Crippen LogP contribution is -2.25. The Balaban J connectivity index is 1.57. The summed E-state index contributed by atoms with van der Waals surface area (Å²) in [6, 6.07) is 10.7. The van der Waals surface area contributed by atoms with Crippen molar-refractivity contribution in [3.63, 3.8) is 0 Å². The lowest BCUT2D eigenvalue weighted by molar-refractivity contribution is -0.112. The largest absolute Gasteiger partial charge is 0.398 e. The first kappa shape index (κ1) is 21.4. The Morgan fingerprint density at radius 2 is 2.07 bits per heavy atom. The van der Waals surface area contributed by atoms with Gasteiger partial charge < -0.3 is 15.4 Å². The highest BCUT2D eigenvalue weighted by Gasteiger charge is 2.51. The molecule has 0 radical (unpaired) electrons. The molecule has 30 heavy (non-hydrogen) atoms. The molecule has 0 heterocycles. The Bertz CT molecular complexity index is 993. The molecule has 8 heteroatoms. The van der Waals surface area contributed by atoms with Gasteiger partial charge in [0.25, 0.3) is 5.91 Å². The third-order valence-corrected chi connectivity index (χ3v) is 5.41. The summed E-state index contributed by atoms with van der Waals surface area (Å²) in [5.74, 6) is -1.61. The molecule has 0 unspecified atom stereocenters. The van der Waals surface area contributed by atoms with E-state index in [1.165, 1.54) is 19.2 Å². The second-order valence-electron chi connectivity index (χ2n) is 7.38. The lowest BCUT2D eigenvalue weighted by atomic mass is 9.94. The van der Waals surface area contributed by atoms with E-state index in [2.05, 4.69) is 10.3 Å². The Morgan fingerprint density at radius 1 is 1.30 bits per heavy atom. The summed E-state index contributed by atoms with van der Waals surface area (Å²) in [7, 11) is 1.33. The van der Waals surface area contributed by atoms with Crippen LogP contribution in [0.4, 0.5) is 8.78 Å². The number of nitrogens with zero attached hydrogens (tertiary/aromatic N) is 2. The number of amides is 1. The van der Waals surface area contributed by atoms with Crippen molar-refractivity contribution >= 4 is 17.8 Å². The quantitative estimate of drug-likeness (QED) is 0.501. The van der Waals surface area contributed by atoms with Crippen molar-refractivity contribution in [2.24, 2.45) is 22.0 Å². The van der Waals surface area contributed by atoms with Crippen LogP contribution < -0.4 is 5.73 Å². The molecule has 2 aromatic carbocycles. The number of benzene rings is 2. The van der Waals surface area contributed by atoms with Gasteiger partial charge >= 0.3 is 0 Å². The predicted octanol–water partition coefficient (Wildman–Crippen LogP) is 3.67. The van der Waals surface area contributed by atoms with Gasteiger partial charge in [0.15, 0.2) is 5.71 Å². The minimum atomic E-state index is -0.714. The molecule has 1 fully saturated rings. The van der Waals surface area contributed by atoms with Crippen molar-refractivity contribution in [3.05, 3.63) is 70.8 Å². The van der Waals surface area contributed by atoms with Crippen molar-refractivity contribution in [1.82, 2.24) is 0 Å². The molecule has 0 bridgehead atoms. The van der Waals surface area contributed by atoms with Gasteiger partial charge in [-0.25, -0.2) is 8.78 Å². The van der Waals surface area contributed by atoms with Gasteiger partial charge in [-0.1, -0.05) is 47.6 Å². The van der Waals surface area contributed by atoms with Crippen molar-refractivity contribution in [3.8, 4) is 0 Å². The first-order chi connectivity index (χ1) is 14.4. The molecular formula is C22H23F2N3O3.